The highest BCUT2D eigenvalue weighted by molar-refractivity contribution is 5.13. The highest BCUT2D eigenvalue weighted by atomic mass is 16.3. The topological polar surface area (TPSA) is 47.3 Å². The molecule has 2 fully saturated rings. The minimum atomic E-state index is -0.747. The SMILES string of the molecule is CCCN1CCC(O)(C2(C#N)CCCCCCC2)CC1. The molecule has 2 aliphatic rings. The molecule has 1 saturated carbocycles. The highest BCUT2D eigenvalue weighted by Gasteiger charge is 2.51. The van der Waals surface area contributed by atoms with Gasteiger partial charge < -0.3 is 10.0 Å². The third-order valence-electron chi connectivity index (χ3n) is 5.53. The molecule has 3 nitrogen and oxygen atoms in total. The second-order valence-corrected chi connectivity index (χ2v) is 6.83. The van der Waals surface area contributed by atoms with Crippen molar-refractivity contribution in [3.63, 3.8) is 0 Å². The summed E-state index contributed by atoms with van der Waals surface area (Å²) in [6.07, 6.45) is 10.5. The number of nitriles is 1. The van der Waals surface area contributed by atoms with E-state index in [1.807, 2.05) is 0 Å². The Morgan fingerprint density at radius 1 is 1.00 bits per heavy atom. The summed E-state index contributed by atoms with van der Waals surface area (Å²) in [7, 11) is 0. The van der Waals surface area contributed by atoms with E-state index >= 15 is 0 Å². The standard InChI is InChI=1S/C17H30N2O/c1-2-12-19-13-10-17(20,11-14-19)16(15-18)8-6-4-3-5-7-9-16/h20H,2-14H2,1H3. The molecule has 3 heteroatoms. The maximum atomic E-state index is 11.2. The molecule has 0 radical (unpaired) electrons. The quantitative estimate of drug-likeness (QED) is 0.859. The van der Waals surface area contributed by atoms with Gasteiger partial charge in [0.1, 0.15) is 0 Å². The number of hydrogen-bond donors (Lipinski definition) is 1. The molecular formula is C17H30N2O. The first-order valence-electron chi connectivity index (χ1n) is 8.52. The molecule has 0 amide bonds. The lowest BCUT2D eigenvalue weighted by Crippen LogP contribution is -2.54. The van der Waals surface area contributed by atoms with E-state index in [4.69, 9.17) is 0 Å². The maximum absolute atomic E-state index is 11.2. The Labute approximate surface area is 124 Å². The molecule has 1 saturated heterocycles. The van der Waals surface area contributed by atoms with Gasteiger partial charge in [0.2, 0.25) is 0 Å². The van der Waals surface area contributed by atoms with Crippen molar-refractivity contribution in [2.24, 2.45) is 5.41 Å². The van der Waals surface area contributed by atoms with Crippen LogP contribution in [0.15, 0.2) is 0 Å². The van der Waals surface area contributed by atoms with E-state index in [2.05, 4.69) is 17.9 Å². The van der Waals surface area contributed by atoms with Crippen LogP contribution in [0, 0.1) is 16.7 Å². The molecule has 0 spiro atoms. The third-order valence-corrected chi connectivity index (χ3v) is 5.53. The van der Waals surface area contributed by atoms with Gasteiger partial charge in [-0.3, -0.25) is 0 Å². The molecule has 114 valence electrons. The third kappa shape index (κ3) is 3.18. The summed E-state index contributed by atoms with van der Waals surface area (Å²) in [6, 6.07) is 2.57. The van der Waals surface area contributed by atoms with Crippen LogP contribution in [0.5, 0.6) is 0 Å². The molecular weight excluding hydrogens is 248 g/mol. The van der Waals surface area contributed by atoms with Crippen LogP contribution in [0.1, 0.15) is 71.1 Å². The Balaban J connectivity index is 2.07. The van der Waals surface area contributed by atoms with Crippen LogP contribution < -0.4 is 0 Å². The van der Waals surface area contributed by atoms with Crippen LogP contribution >= 0.6 is 0 Å². The van der Waals surface area contributed by atoms with Gasteiger partial charge in [0.05, 0.1) is 17.1 Å². The van der Waals surface area contributed by atoms with Gasteiger partial charge in [-0.1, -0.05) is 39.0 Å². The Kier molecular flexibility index (Phi) is 5.46. The average molecular weight is 278 g/mol. The largest absolute Gasteiger partial charge is 0.388 e. The van der Waals surface area contributed by atoms with E-state index in [-0.39, 0.29) is 0 Å². The fourth-order valence-corrected chi connectivity index (χ4v) is 4.13. The van der Waals surface area contributed by atoms with Gasteiger partial charge >= 0.3 is 0 Å². The number of hydrogen-bond acceptors (Lipinski definition) is 3. The fourth-order valence-electron chi connectivity index (χ4n) is 4.13. The van der Waals surface area contributed by atoms with Gasteiger partial charge in [0, 0.05) is 13.1 Å². The van der Waals surface area contributed by atoms with Gasteiger partial charge in [-0.05, 0) is 38.6 Å². The second-order valence-electron chi connectivity index (χ2n) is 6.83. The number of rotatable bonds is 3. The highest BCUT2D eigenvalue weighted by Crippen LogP contribution is 2.47. The minimum Gasteiger partial charge on any atom is -0.388 e. The normalized spacial score (nSPS) is 27.2. The lowest BCUT2D eigenvalue weighted by atomic mass is 9.62. The van der Waals surface area contributed by atoms with Crippen molar-refractivity contribution in [3.8, 4) is 6.07 Å². The molecule has 2 rings (SSSR count). The van der Waals surface area contributed by atoms with Crippen LogP contribution in [0.3, 0.4) is 0 Å². The molecule has 0 bridgehead atoms. The van der Waals surface area contributed by atoms with Crippen molar-refractivity contribution >= 4 is 0 Å². The maximum Gasteiger partial charge on any atom is 0.0861 e. The molecule has 0 aromatic heterocycles. The summed E-state index contributed by atoms with van der Waals surface area (Å²) in [6.45, 7) is 5.23. The summed E-state index contributed by atoms with van der Waals surface area (Å²) < 4.78 is 0. The van der Waals surface area contributed by atoms with Crippen molar-refractivity contribution in [1.82, 2.24) is 4.90 Å². The zero-order valence-electron chi connectivity index (χ0n) is 13.0. The van der Waals surface area contributed by atoms with Crippen molar-refractivity contribution in [1.29, 1.82) is 5.26 Å². The van der Waals surface area contributed by atoms with Crippen LogP contribution in [0.4, 0.5) is 0 Å². The summed E-state index contributed by atoms with van der Waals surface area (Å²) >= 11 is 0. The van der Waals surface area contributed by atoms with Gasteiger partial charge in [-0.25, -0.2) is 0 Å². The lowest BCUT2D eigenvalue weighted by molar-refractivity contribution is -0.106. The van der Waals surface area contributed by atoms with Crippen molar-refractivity contribution < 1.29 is 5.11 Å². The van der Waals surface area contributed by atoms with E-state index in [1.165, 1.54) is 25.7 Å². The molecule has 0 aromatic rings. The molecule has 0 unspecified atom stereocenters. The molecule has 1 aliphatic carbocycles. The van der Waals surface area contributed by atoms with Gasteiger partial charge in [0.15, 0.2) is 0 Å². The first-order chi connectivity index (χ1) is 9.66. The van der Waals surface area contributed by atoms with Crippen molar-refractivity contribution in [2.45, 2.75) is 76.7 Å². The van der Waals surface area contributed by atoms with Gasteiger partial charge in [-0.15, -0.1) is 0 Å². The number of aliphatic hydroxyl groups is 1. The van der Waals surface area contributed by atoms with E-state index in [0.717, 1.165) is 58.2 Å². The average Bonchev–Trinajstić information content (AvgIpc) is 2.42. The van der Waals surface area contributed by atoms with Crippen LogP contribution in [-0.2, 0) is 0 Å². The molecule has 20 heavy (non-hydrogen) atoms. The van der Waals surface area contributed by atoms with E-state index < -0.39 is 11.0 Å². The van der Waals surface area contributed by atoms with E-state index in [0.29, 0.717) is 0 Å². The summed E-state index contributed by atoms with van der Waals surface area (Å²) in [5.41, 5.74) is -1.23. The second kappa shape index (κ2) is 6.91. The van der Waals surface area contributed by atoms with Crippen molar-refractivity contribution in [3.05, 3.63) is 0 Å². The lowest BCUT2D eigenvalue weighted by Gasteiger charge is -2.48. The van der Waals surface area contributed by atoms with Crippen molar-refractivity contribution in [2.75, 3.05) is 19.6 Å². The molecule has 0 aromatic carbocycles. The predicted molar refractivity (Wildman–Crippen MR) is 81.3 cm³/mol. The molecule has 0 atom stereocenters. The molecule has 1 N–H and O–H groups in total. The monoisotopic (exact) mass is 278 g/mol. The van der Waals surface area contributed by atoms with Gasteiger partial charge in [0.25, 0.3) is 0 Å². The molecule has 1 heterocycles. The first-order valence-corrected chi connectivity index (χ1v) is 8.52. The zero-order valence-corrected chi connectivity index (χ0v) is 13.0. The number of piperidine rings is 1. The van der Waals surface area contributed by atoms with Crippen LogP contribution in [0.2, 0.25) is 0 Å². The predicted octanol–water partition coefficient (Wildman–Crippen LogP) is 3.48. The van der Waals surface area contributed by atoms with Crippen LogP contribution in [0.25, 0.3) is 0 Å². The van der Waals surface area contributed by atoms with Gasteiger partial charge in [-0.2, -0.15) is 5.26 Å². The Bertz CT molecular complexity index is 331. The Morgan fingerprint density at radius 3 is 2.05 bits per heavy atom. The zero-order chi connectivity index (χ0) is 14.5. The first kappa shape index (κ1) is 15.8. The smallest absolute Gasteiger partial charge is 0.0861 e. The molecule has 1 aliphatic heterocycles. The van der Waals surface area contributed by atoms with E-state index in [1.54, 1.807) is 0 Å². The summed E-state index contributed by atoms with van der Waals surface area (Å²) in [4.78, 5) is 2.43. The minimum absolute atomic E-state index is 0.480. The number of nitrogens with zero attached hydrogens (tertiary/aromatic N) is 2. The number of likely N-dealkylation sites (tertiary alicyclic amines) is 1. The Morgan fingerprint density at radius 2 is 1.55 bits per heavy atom. The fraction of sp³-hybridized carbons (Fsp3) is 0.941. The van der Waals surface area contributed by atoms with E-state index in [9.17, 15) is 10.4 Å². The Hall–Kier alpha value is -0.590. The van der Waals surface area contributed by atoms with Crippen LogP contribution in [-0.4, -0.2) is 35.2 Å². The summed E-state index contributed by atoms with van der Waals surface area (Å²) in [5.74, 6) is 0. The summed E-state index contributed by atoms with van der Waals surface area (Å²) in [5, 5.41) is 21.0.